The number of hydrogen-bond acceptors (Lipinski definition) is 5. The second-order valence-electron chi connectivity index (χ2n) is 8.44. The standard InChI is InChI=1S/C25H34N2O3/c1-29-22-10-12-23(13-11-22)30-19-21(28)18-26-14-5-15-27(17-16-26)25-9-4-7-20-6-2-3-8-24(20)25/h2-3,6,8,10-13,21,25,28H,4-5,7,9,14-19H2,1H3. The molecule has 2 aromatic rings. The Kier molecular flexibility index (Phi) is 7.26. The van der Waals surface area contributed by atoms with Crippen molar-refractivity contribution in [3.05, 3.63) is 59.7 Å². The van der Waals surface area contributed by atoms with Gasteiger partial charge in [0, 0.05) is 32.2 Å². The van der Waals surface area contributed by atoms with Crippen LogP contribution in [0.4, 0.5) is 0 Å². The number of benzene rings is 2. The van der Waals surface area contributed by atoms with Crippen LogP contribution in [0.2, 0.25) is 0 Å². The lowest BCUT2D eigenvalue weighted by atomic mass is 9.87. The molecule has 1 saturated heterocycles. The van der Waals surface area contributed by atoms with Crippen molar-refractivity contribution in [2.45, 2.75) is 37.8 Å². The number of nitrogens with zero attached hydrogens (tertiary/aromatic N) is 2. The van der Waals surface area contributed by atoms with Gasteiger partial charge < -0.3 is 14.6 Å². The Morgan fingerprint density at radius 3 is 2.60 bits per heavy atom. The average Bonchev–Trinajstić information content (AvgIpc) is 3.03. The van der Waals surface area contributed by atoms with Gasteiger partial charge >= 0.3 is 0 Å². The molecule has 1 heterocycles. The number of hydrogen-bond donors (Lipinski definition) is 1. The predicted octanol–water partition coefficient (Wildman–Crippen LogP) is 3.52. The van der Waals surface area contributed by atoms with E-state index in [1.54, 1.807) is 7.11 Å². The van der Waals surface area contributed by atoms with Gasteiger partial charge in [-0.05, 0) is 67.6 Å². The third-order valence-corrected chi connectivity index (χ3v) is 6.37. The number of methoxy groups -OCH3 is 1. The number of fused-ring (bicyclic) bond motifs is 1. The van der Waals surface area contributed by atoms with Crippen LogP contribution in [0.15, 0.2) is 48.5 Å². The topological polar surface area (TPSA) is 45.2 Å². The lowest BCUT2D eigenvalue weighted by Crippen LogP contribution is -2.39. The SMILES string of the molecule is COc1ccc(OCC(O)CN2CCCN(C3CCCc4ccccc43)CC2)cc1. The van der Waals surface area contributed by atoms with Gasteiger partial charge in [0.15, 0.2) is 0 Å². The van der Waals surface area contributed by atoms with Gasteiger partial charge in [0.2, 0.25) is 0 Å². The second-order valence-corrected chi connectivity index (χ2v) is 8.44. The molecule has 0 amide bonds. The number of aryl methyl sites for hydroxylation is 1. The highest BCUT2D eigenvalue weighted by Gasteiger charge is 2.27. The monoisotopic (exact) mass is 410 g/mol. The van der Waals surface area contributed by atoms with Crippen molar-refractivity contribution in [1.82, 2.24) is 9.80 Å². The first-order chi connectivity index (χ1) is 14.7. The van der Waals surface area contributed by atoms with E-state index in [1.807, 2.05) is 24.3 Å². The Labute approximate surface area is 180 Å². The minimum Gasteiger partial charge on any atom is -0.497 e. The summed E-state index contributed by atoms with van der Waals surface area (Å²) in [6.07, 6.45) is 4.41. The Balaban J connectivity index is 1.26. The van der Waals surface area contributed by atoms with E-state index in [4.69, 9.17) is 9.47 Å². The van der Waals surface area contributed by atoms with Crippen LogP contribution in [-0.2, 0) is 6.42 Å². The Bertz CT molecular complexity index is 795. The summed E-state index contributed by atoms with van der Waals surface area (Å²) >= 11 is 0. The van der Waals surface area contributed by atoms with Crippen LogP contribution in [0, 0.1) is 0 Å². The minimum absolute atomic E-state index is 0.308. The summed E-state index contributed by atoms with van der Waals surface area (Å²) in [6, 6.07) is 17.0. The first-order valence-corrected chi connectivity index (χ1v) is 11.2. The molecular weight excluding hydrogens is 376 g/mol. The highest BCUT2D eigenvalue weighted by atomic mass is 16.5. The van der Waals surface area contributed by atoms with Gasteiger partial charge in [0.05, 0.1) is 7.11 Å². The summed E-state index contributed by atoms with van der Waals surface area (Å²) in [7, 11) is 1.65. The van der Waals surface area contributed by atoms with Gasteiger partial charge in [0.25, 0.3) is 0 Å². The predicted molar refractivity (Wildman–Crippen MR) is 119 cm³/mol. The van der Waals surface area contributed by atoms with Crippen molar-refractivity contribution < 1.29 is 14.6 Å². The first-order valence-electron chi connectivity index (χ1n) is 11.2. The van der Waals surface area contributed by atoms with Gasteiger partial charge in [-0.25, -0.2) is 0 Å². The fraction of sp³-hybridized carbons (Fsp3) is 0.520. The minimum atomic E-state index is -0.492. The summed E-state index contributed by atoms with van der Waals surface area (Å²) in [5.41, 5.74) is 3.06. The van der Waals surface area contributed by atoms with Crippen molar-refractivity contribution in [2.75, 3.05) is 46.4 Å². The summed E-state index contributed by atoms with van der Waals surface area (Å²) in [4.78, 5) is 5.05. The molecular formula is C25H34N2O3. The summed E-state index contributed by atoms with van der Waals surface area (Å²) in [5.74, 6) is 1.56. The normalized spacial score (nSPS) is 21.5. The number of aliphatic hydroxyl groups is 1. The van der Waals surface area contributed by atoms with Crippen molar-refractivity contribution in [3.63, 3.8) is 0 Å². The van der Waals surface area contributed by atoms with Gasteiger partial charge in [-0.1, -0.05) is 24.3 Å². The van der Waals surface area contributed by atoms with E-state index in [9.17, 15) is 5.11 Å². The molecule has 0 radical (unpaired) electrons. The van der Waals surface area contributed by atoms with Crippen molar-refractivity contribution in [1.29, 1.82) is 0 Å². The van der Waals surface area contributed by atoms with E-state index in [1.165, 1.54) is 30.4 Å². The molecule has 2 aromatic carbocycles. The lowest BCUT2D eigenvalue weighted by molar-refractivity contribution is 0.0685. The molecule has 4 rings (SSSR count). The molecule has 1 fully saturated rings. The third-order valence-electron chi connectivity index (χ3n) is 6.37. The summed E-state index contributed by atoms with van der Waals surface area (Å²) < 4.78 is 10.9. The lowest BCUT2D eigenvalue weighted by Gasteiger charge is -2.35. The van der Waals surface area contributed by atoms with Crippen molar-refractivity contribution in [2.24, 2.45) is 0 Å². The van der Waals surface area contributed by atoms with Crippen LogP contribution in [0.25, 0.3) is 0 Å². The van der Waals surface area contributed by atoms with Gasteiger partial charge in [-0.15, -0.1) is 0 Å². The molecule has 0 bridgehead atoms. The molecule has 1 aliphatic heterocycles. The second kappa shape index (κ2) is 10.3. The number of β-amino-alcohol motifs (C(OH)–C–C–N with tert-alkyl or cyclic N) is 1. The zero-order valence-electron chi connectivity index (χ0n) is 18.0. The quantitative estimate of drug-likeness (QED) is 0.757. The third kappa shape index (κ3) is 5.34. The maximum atomic E-state index is 10.5. The maximum Gasteiger partial charge on any atom is 0.119 e. The van der Waals surface area contributed by atoms with Gasteiger partial charge in [-0.2, -0.15) is 0 Å². The van der Waals surface area contributed by atoms with Crippen LogP contribution >= 0.6 is 0 Å². The molecule has 2 unspecified atom stereocenters. The summed E-state index contributed by atoms with van der Waals surface area (Å²) in [6.45, 7) is 5.19. The molecule has 0 spiro atoms. The molecule has 1 aliphatic carbocycles. The fourth-order valence-corrected chi connectivity index (χ4v) is 4.81. The fourth-order valence-electron chi connectivity index (χ4n) is 4.81. The zero-order chi connectivity index (χ0) is 20.8. The van der Waals surface area contributed by atoms with Crippen LogP contribution in [0.5, 0.6) is 11.5 Å². The molecule has 0 saturated carbocycles. The highest BCUT2D eigenvalue weighted by Crippen LogP contribution is 2.34. The Hall–Kier alpha value is -2.08. The van der Waals surface area contributed by atoms with E-state index in [0.29, 0.717) is 19.2 Å². The molecule has 2 atom stereocenters. The average molecular weight is 411 g/mol. The molecule has 1 N–H and O–H groups in total. The smallest absolute Gasteiger partial charge is 0.119 e. The van der Waals surface area contributed by atoms with Crippen molar-refractivity contribution >= 4 is 0 Å². The highest BCUT2D eigenvalue weighted by molar-refractivity contribution is 5.32. The number of rotatable bonds is 7. The van der Waals surface area contributed by atoms with Crippen LogP contribution in [0.3, 0.4) is 0 Å². The van der Waals surface area contributed by atoms with Gasteiger partial charge in [-0.3, -0.25) is 9.80 Å². The van der Waals surface area contributed by atoms with E-state index in [0.717, 1.165) is 44.1 Å². The molecule has 0 aromatic heterocycles. The maximum absolute atomic E-state index is 10.5. The van der Waals surface area contributed by atoms with Crippen molar-refractivity contribution in [3.8, 4) is 11.5 Å². The Morgan fingerprint density at radius 2 is 1.77 bits per heavy atom. The van der Waals surface area contributed by atoms with E-state index in [2.05, 4.69) is 34.1 Å². The first kappa shape index (κ1) is 21.2. The molecule has 2 aliphatic rings. The van der Waals surface area contributed by atoms with E-state index < -0.39 is 6.10 Å². The number of ether oxygens (including phenoxy) is 2. The molecule has 162 valence electrons. The molecule has 5 heteroatoms. The van der Waals surface area contributed by atoms with E-state index in [-0.39, 0.29) is 0 Å². The van der Waals surface area contributed by atoms with Gasteiger partial charge in [0.1, 0.15) is 24.2 Å². The molecule has 30 heavy (non-hydrogen) atoms. The van der Waals surface area contributed by atoms with Crippen LogP contribution in [0.1, 0.15) is 36.4 Å². The molecule has 5 nitrogen and oxygen atoms in total. The number of aliphatic hydroxyl groups excluding tert-OH is 1. The van der Waals surface area contributed by atoms with Crippen LogP contribution in [-0.4, -0.2) is 67.5 Å². The Morgan fingerprint density at radius 1 is 0.967 bits per heavy atom. The zero-order valence-corrected chi connectivity index (χ0v) is 18.0. The summed E-state index contributed by atoms with van der Waals surface area (Å²) in [5, 5.41) is 10.5. The van der Waals surface area contributed by atoms with E-state index >= 15 is 0 Å². The van der Waals surface area contributed by atoms with Crippen LogP contribution < -0.4 is 9.47 Å². The largest absolute Gasteiger partial charge is 0.497 e.